The number of amides is 1. The first kappa shape index (κ1) is 22.5. The molecule has 1 aliphatic rings. The molecule has 1 fully saturated rings. The molecule has 1 amide bonds. The van der Waals surface area contributed by atoms with E-state index in [0.717, 1.165) is 38.3 Å². The van der Waals surface area contributed by atoms with Gasteiger partial charge in [-0.1, -0.05) is 42.5 Å². The third kappa shape index (κ3) is 5.56. The molecule has 1 N–H and O–H groups in total. The van der Waals surface area contributed by atoms with E-state index in [9.17, 15) is 14.9 Å². The maximum Gasteiger partial charge on any atom is 0.272 e. The molecule has 3 aromatic rings. The van der Waals surface area contributed by atoms with Crippen LogP contribution in [0.15, 0.2) is 72.8 Å². The van der Waals surface area contributed by atoms with Crippen LogP contribution in [-0.4, -0.2) is 41.9 Å². The van der Waals surface area contributed by atoms with E-state index >= 15 is 0 Å². The highest BCUT2D eigenvalue weighted by Crippen LogP contribution is 2.20. The van der Waals surface area contributed by atoms with Gasteiger partial charge in [0.15, 0.2) is 0 Å². The van der Waals surface area contributed by atoms with E-state index in [2.05, 4.69) is 45.4 Å². The number of piperazine rings is 1. The maximum atomic E-state index is 12.6. The highest BCUT2D eigenvalue weighted by atomic mass is 16.6. The van der Waals surface area contributed by atoms with Crippen LogP contribution in [-0.2, 0) is 13.1 Å². The number of nitro groups is 1. The number of rotatable bonds is 7. The van der Waals surface area contributed by atoms with Crippen LogP contribution in [0.4, 0.5) is 11.4 Å². The highest BCUT2D eigenvalue weighted by molar-refractivity contribution is 5.94. The summed E-state index contributed by atoms with van der Waals surface area (Å²) in [6.45, 7) is 6.84. The second kappa shape index (κ2) is 10.3. The highest BCUT2D eigenvalue weighted by Gasteiger charge is 2.18. The van der Waals surface area contributed by atoms with Crippen LogP contribution in [0, 0.1) is 17.0 Å². The van der Waals surface area contributed by atoms with Crippen molar-refractivity contribution in [2.45, 2.75) is 20.0 Å². The van der Waals surface area contributed by atoms with Crippen molar-refractivity contribution in [1.82, 2.24) is 10.2 Å². The van der Waals surface area contributed by atoms with Gasteiger partial charge in [-0.3, -0.25) is 19.8 Å². The molecule has 0 aliphatic carbocycles. The number of benzene rings is 3. The first-order chi connectivity index (χ1) is 16.0. The number of para-hydroxylation sites is 1. The van der Waals surface area contributed by atoms with Crippen molar-refractivity contribution in [2.24, 2.45) is 0 Å². The van der Waals surface area contributed by atoms with Gasteiger partial charge >= 0.3 is 0 Å². The van der Waals surface area contributed by atoms with Crippen LogP contribution in [0.5, 0.6) is 0 Å². The minimum atomic E-state index is -0.438. The summed E-state index contributed by atoms with van der Waals surface area (Å²) in [5.74, 6) is -0.237. The summed E-state index contributed by atoms with van der Waals surface area (Å²) in [5.41, 5.74) is 4.46. The molecule has 1 saturated heterocycles. The van der Waals surface area contributed by atoms with Crippen LogP contribution in [0.1, 0.15) is 27.0 Å². The lowest BCUT2D eigenvalue weighted by Crippen LogP contribution is -2.46. The Labute approximate surface area is 193 Å². The van der Waals surface area contributed by atoms with Crippen molar-refractivity contribution >= 4 is 17.3 Å². The molecule has 1 heterocycles. The first-order valence-corrected chi connectivity index (χ1v) is 11.1. The van der Waals surface area contributed by atoms with E-state index in [1.807, 2.05) is 24.3 Å². The molecule has 33 heavy (non-hydrogen) atoms. The molecule has 0 bridgehead atoms. The number of hydrogen-bond donors (Lipinski definition) is 1. The number of anilines is 1. The van der Waals surface area contributed by atoms with Crippen LogP contribution in [0.3, 0.4) is 0 Å². The summed E-state index contributed by atoms with van der Waals surface area (Å²) in [4.78, 5) is 28.0. The molecule has 0 aromatic heterocycles. The van der Waals surface area contributed by atoms with Crippen molar-refractivity contribution < 1.29 is 9.72 Å². The lowest BCUT2D eigenvalue weighted by Gasteiger charge is -2.36. The van der Waals surface area contributed by atoms with Crippen molar-refractivity contribution in [1.29, 1.82) is 0 Å². The molecule has 0 spiro atoms. The van der Waals surface area contributed by atoms with Crippen LogP contribution >= 0.6 is 0 Å². The minimum Gasteiger partial charge on any atom is -0.369 e. The van der Waals surface area contributed by atoms with Gasteiger partial charge in [-0.05, 0) is 42.3 Å². The Morgan fingerprint density at radius 3 is 2.27 bits per heavy atom. The molecular formula is C26H28N4O3. The Balaban J connectivity index is 1.35. The Hall–Kier alpha value is -3.71. The molecular weight excluding hydrogens is 416 g/mol. The van der Waals surface area contributed by atoms with Gasteiger partial charge in [0.05, 0.1) is 4.92 Å². The van der Waals surface area contributed by atoms with E-state index in [1.165, 1.54) is 23.4 Å². The predicted molar refractivity (Wildman–Crippen MR) is 129 cm³/mol. The van der Waals surface area contributed by atoms with E-state index in [4.69, 9.17) is 0 Å². The standard InChI is InChI=1S/C26H28N4O3/c1-20-17-21(11-12-25(20)30(32)33)26(31)27-18-22-7-5-6-8-23(22)19-28-13-15-29(16-14-28)24-9-3-2-4-10-24/h2-12,17H,13-16,18-19H2,1H3,(H,27,31). The third-order valence-electron chi connectivity index (χ3n) is 6.10. The molecule has 7 heteroatoms. The van der Waals surface area contributed by atoms with Gasteiger partial charge < -0.3 is 10.2 Å². The fraction of sp³-hybridized carbons (Fsp3) is 0.269. The summed E-state index contributed by atoms with van der Waals surface area (Å²) in [6, 6.07) is 23.1. The quantitative estimate of drug-likeness (QED) is 0.437. The van der Waals surface area contributed by atoms with E-state index in [1.54, 1.807) is 13.0 Å². The van der Waals surface area contributed by atoms with E-state index < -0.39 is 4.92 Å². The zero-order valence-corrected chi connectivity index (χ0v) is 18.7. The number of carbonyl (C=O) groups is 1. The lowest BCUT2D eigenvalue weighted by atomic mass is 10.1. The normalized spacial score (nSPS) is 14.2. The summed E-state index contributed by atoms with van der Waals surface area (Å²) >= 11 is 0. The number of nitrogens with zero attached hydrogens (tertiary/aromatic N) is 3. The zero-order valence-electron chi connectivity index (χ0n) is 18.7. The number of nitrogens with one attached hydrogen (secondary N) is 1. The van der Waals surface area contributed by atoms with Gasteiger partial charge in [0, 0.05) is 62.1 Å². The Morgan fingerprint density at radius 2 is 1.61 bits per heavy atom. The summed E-state index contributed by atoms with van der Waals surface area (Å²) in [6.07, 6.45) is 0. The molecule has 3 aromatic carbocycles. The summed E-state index contributed by atoms with van der Waals surface area (Å²) < 4.78 is 0. The van der Waals surface area contributed by atoms with Crippen molar-refractivity contribution in [3.05, 3.63) is 105 Å². The van der Waals surface area contributed by atoms with E-state index in [-0.39, 0.29) is 11.6 Å². The first-order valence-electron chi connectivity index (χ1n) is 11.1. The smallest absolute Gasteiger partial charge is 0.272 e. The molecule has 0 saturated carbocycles. The zero-order chi connectivity index (χ0) is 23.2. The molecule has 0 radical (unpaired) electrons. The maximum absolute atomic E-state index is 12.6. The third-order valence-corrected chi connectivity index (χ3v) is 6.10. The van der Waals surface area contributed by atoms with E-state index in [0.29, 0.717) is 17.7 Å². The molecule has 0 atom stereocenters. The Morgan fingerprint density at radius 1 is 0.939 bits per heavy atom. The second-order valence-corrected chi connectivity index (χ2v) is 8.31. The van der Waals surface area contributed by atoms with Crippen molar-refractivity contribution in [3.8, 4) is 0 Å². The van der Waals surface area contributed by atoms with Gasteiger partial charge in [0.2, 0.25) is 0 Å². The van der Waals surface area contributed by atoms with Crippen molar-refractivity contribution in [3.63, 3.8) is 0 Å². The average molecular weight is 445 g/mol. The van der Waals surface area contributed by atoms with Gasteiger partial charge in [0.1, 0.15) is 0 Å². The molecule has 1 aliphatic heterocycles. The Bertz CT molecular complexity index is 1130. The predicted octanol–water partition coefficient (Wildman–Crippen LogP) is 4.16. The van der Waals surface area contributed by atoms with Gasteiger partial charge in [-0.15, -0.1) is 0 Å². The number of nitro benzene ring substituents is 1. The molecule has 170 valence electrons. The monoisotopic (exact) mass is 444 g/mol. The minimum absolute atomic E-state index is 0.0178. The number of carbonyl (C=O) groups excluding carboxylic acids is 1. The molecule has 4 rings (SSSR count). The van der Waals surface area contributed by atoms with Gasteiger partial charge in [0.25, 0.3) is 11.6 Å². The average Bonchev–Trinajstić information content (AvgIpc) is 2.84. The number of aryl methyl sites for hydroxylation is 1. The molecule has 0 unspecified atom stereocenters. The number of hydrogen-bond acceptors (Lipinski definition) is 5. The summed E-state index contributed by atoms with van der Waals surface area (Å²) in [7, 11) is 0. The second-order valence-electron chi connectivity index (χ2n) is 8.31. The van der Waals surface area contributed by atoms with Gasteiger partial charge in [-0.2, -0.15) is 0 Å². The topological polar surface area (TPSA) is 78.7 Å². The fourth-order valence-corrected chi connectivity index (χ4v) is 4.21. The van der Waals surface area contributed by atoms with Gasteiger partial charge in [-0.25, -0.2) is 0 Å². The van der Waals surface area contributed by atoms with Crippen LogP contribution in [0.2, 0.25) is 0 Å². The van der Waals surface area contributed by atoms with Crippen molar-refractivity contribution in [2.75, 3.05) is 31.1 Å². The molecule has 7 nitrogen and oxygen atoms in total. The SMILES string of the molecule is Cc1cc(C(=O)NCc2ccccc2CN2CCN(c3ccccc3)CC2)ccc1[N+](=O)[O-]. The Kier molecular flexibility index (Phi) is 7.00. The van der Waals surface area contributed by atoms with Crippen LogP contribution in [0.25, 0.3) is 0 Å². The summed E-state index contributed by atoms with van der Waals surface area (Å²) in [5, 5.41) is 14.0. The fourth-order valence-electron chi connectivity index (χ4n) is 4.21. The lowest BCUT2D eigenvalue weighted by molar-refractivity contribution is -0.385. The largest absolute Gasteiger partial charge is 0.369 e. The van der Waals surface area contributed by atoms with Crippen LogP contribution < -0.4 is 10.2 Å².